The van der Waals surface area contributed by atoms with Crippen molar-refractivity contribution in [1.29, 1.82) is 0 Å². The second-order valence-electron chi connectivity index (χ2n) is 8.50. The van der Waals surface area contributed by atoms with Crippen LogP contribution < -0.4 is 10.1 Å². The minimum atomic E-state index is -0.934. The molecule has 2 N–H and O–H groups in total. The molecule has 4 rings (SSSR count). The maximum Gasteiger partial charge on any atom is 0.326 e. The van der Waals surface area contributed by atoms with Crippen molar-refractivity contribution in [2.75, 3.05) is 5.32 Å². The number of aliphatic carboxylic acids is 1. The second-order valence-corrected chi connectivity index (χ2v) is 8.91. The summed E-state index contributed by atoms with van der Waals surface area (Å²) >= 11 is 6.36. The first-order valence-corrected chi connectivity index (χ1v) is 11.3. The molecule has 0 fully saturated rings. The van der Waals surface area contributed by atoms with Gasteiger partial charge in [0.2, 0.25) is 5.82 Å². The monoisotopic (exact) mass is 480 g/mol. The standard InChI is InChI=1S/C25H25ClN4O4/c1-13(2)21(25(31)32)28-22-17-6-5-7-18(16(17)10-11-27-22)23-29-24(34-30-23)15-8-9-20(19(26)12-15)33-14(3)4/h5-14,21H,1-4H3,(H,27,28)(H,31,32)/t21-/m0/s1. The predicted molar refractivity (Wildman–Crippen MR) is 131 cm³/mol. The Labute approximate surface area is 201 Å². The molecule has 0 saturated heterocycles. The van der Waals surface area contributed by atoms with E-state index in [-0.39, 0.29) is 12.0 Å². The summed E-state index contributed by atoms with van der Waals surface area (Å²) in [6, 6.07) is 12.0. The van der Waals surface area contributed by atoms with Crippen molar-refractivity contribution in [3.05, 3.63) is 53.7 Å². The van der Waals surface area contributed by atoms with E-state index in [1.54, 1.807) is 18.3 Å². The SMILES string of the molecule is CC(C)Oc1ccc(-c2nc(-c3cccc4c(N[C@H](C(=O)O)C(C)C)nccc34)no2)cc1Cl. The Bertz CT molecular complexity index is 1340. The fraction of sp³-hybridized carbons (Fsp3) is 0.280. The van der Waals surface area contributed by atoms with Crippen LogP contribution in [0, 0.1) is 5.92 Å². The van der Waals surface area contributed by atoms with Gasteiger partial charge in [0.15, 0.2) is 0 Å². The fourth-order valence-electron chi connectivity index (χ4n) is 3.61. The molecule has 0 radical (unpaired) electrons. The minimum absolute atomic E-state index is 0.00454. The van der Waals surface area contributed by atoms with Gasteiger partial charge in [0, 0.05) is 22.7 Å². The van der Waals surface area contributed by atoms with E-state index in [1.165, 1.54) is 0 Å². The topological polar surface area (TPSA) is 110 Å². The first-order valence-electron chi connectivity index (χ1n) is 10.9. The lowest BCUT2D eigenvalue weighted by Crippen LogP contribution is -2.34. The van der Waals surface area contributed by atoms with E-state index < -0.39 is 12.0 Å². The summed E-state index contributed by atoms with van der Waals surface area (Å²) in [5, 5.41) is 18.8. The molecule has 176 valence electrons. The zero-order valence-corrected chi connectivity index (χ0v) is 20.0. The average molecular weight is 481 g/mol. The number of carboxylic acid groups (broad SMARTS) is 1. The molecule has 2 heterocycles. The van der Waals surface area contributed by atoms with Gasteiger partial charge >= 0.3 is 5.97 Å². The van der Waals surface area contributed by atoms with Gasteiger partial charge in [-0.3, -0.25) is 0 Å². The van der Waals surface area contributed by atoms with E-state index in [4.69, 9.17) is 20.9 Å². The van der Waals surface area contributed by atoms with E-state index in [9.17, 15) is 9.90 Å². The highest BCUT2D eigenvalue weighted by atomic mass is 35.5. The number of carbonyl (C=O) groups is 1. The van der Waals surface area contributed by atoms with Gasteiger partial charge in [-0.1, -0.05) is 48.8 Å². The molecule has 0 aliphatic heterocycles. The van der Waals surface area contributed by atoms with Crippen molar-refractivity contribution >= 4 is 34.2 Å². The zero-order valence-electron chi connectivity index (χ0n) is 19.2. The maximum absolute atomic E-state index is 11.7. The third-order valence-electron chi connectivity index (χ3n) is 5.24. The number of carboxylic acids is 1. The van der Waals surface area contributed by atoms with Crippen LogP contribution >= 0.6 is 11.6 Å². The van der Waals surface area contributed by atoms with Crippen LogP contribution in [0.4, 0.5) is 5.82 Å². The molecular formula is C25H25ClN4O4. The highest BCUT2D eigenvalue weighted by Crippen LogP contribution is 2.34. The van der Waals surface area contributed by atoms with Crippen molar-refractivity contribution in [2.24, 2.45) is 5.92 Å². The summed E-state index contributed by atoms with van der Waals surface area (Å²) in [7, 11) is 0. The van der Waals surface area contributed by atoms with E-state index in [2.05, 4.69) is 20.4 Å². The number of nitrogens with zero attached hydrogens (tertiary/aromatic N) is 3. The Morgan fingerprint density at radius 1 is 1.12 bits per heavy atom. The largest absolute Gasteiger partial charge is 0.489 e. The lowest BCUT2D eigenvalue weighted by molar-refractivity contribution is -0.138. The van der Waals surface area contributed by atoms with Gasteiger partial charge in [-0.25, -0.2) is 9.78 Å². The molecule has 1 atom stereocenters. The number of nitrogens with one attached hydrogen (secondary N) is 1. The van der Waals surface area contributed by atoms with Gasteiger partial charge in [-0.15, -0.1) is 0 Å². The number of hydrogen-bond acceptors (Lipinski definition) is 7. The van der Waals surface area contributed by atoms with E-state index in [0.29, 0.717) is 33.9 Å². The molecule has 0 aliphatic carbocycles. The number of halogens is 1. The van der Waals surface area contributed by atoms with Gasteiger partial charge in [0.05, 0.1) is 11.1 Å². The number of aromatic nitrogens is 3. The molecule has 2 aromatic heterocycles. The Morgan fingerprint density at radius 2 is 1.91 bits per heavy atom. The van der Waals surface area contributed by atoms with Crippen LogP contribution in [-0.4, -0.2) is 38.3 Å². The van der Waals surface area contributed by atoms with Crippen LogP contribution in [0.15, 0.2) is 53.2 Å². The Kier molecular flexibility index (Phi) is 6.70. The average Bonchev–Trinajstić information content (AvgIpc) is 3.28. The third-order valence-corrected chi connectivity index (χ3v) is 5.53. The third kappa shape index (κ3) is 4.82. The summed E-state index contributed by atoms with van der Waals surface area (Å²) in [5.74, 6) is 0.732. The molecular weight excluding hydrogens is 456 g/mol. The number of pyridine rings is 1. The van der Waals surface area contributed by atoms with E-state index in [0.717, 1.165) is 16.3 Å². The molecule has 2 aromatic carbocycles. The van der Waals surface area contributed by atoms with Gasteiger partial charge in [-0.05, 0) is 49.4 Å². The van der Waals surface area contributed by atoms with E-state index in [1.807, 2.05) is 58.0 Å². The fourth-order valence-corrected chi connectivity index (χ4v) is 3.84. The molecule has 0 aliphatic rings. The van der Waals surface area contributed by atoms with Crippen molar-refractivity contribution in [3.63, 3.8) is 0 Å². The second kappa shape index (κ2) is 9.69. The number of hydrogen-bond donors (Lipinski definition) is 2. The van der Waals surface area contributed by atoms with Gasteiger partial charge < -0.3 is 19.7 Å². The van der Waals surface area contributed by atoms with Crippen molar-refractivity contribution in [1.82, 2.24) is 15.1 Å². The number of ether oxygens (including phenoxy) is 1. The molecule has 0 spiro atoms. The molecule has 0 saturated carbocycles. The number of rotatable bonds is 8. The zero-order chi connectivity index (χ0) is 24.4. The summed E-state index contributed by atoms with van der Waals surface area (Å²) < 4.78 is 11.2. The van der Waals surface area contributed by atoms with Crippen LogP contribution in [0.5, 0.6) is 5.75 Å². The summed E-state index contributed by atoms with van der Waals surface area (Å²) in [6.07, 6.45) is 1.63. The Morgan fingerprint density at radius 3 is 2.59 bits per heavy atom. The van der Waals surface area contributed by atoms with Gasteiger partial charge in [0.25, 0.3) is 5.89 Å². The van der Waals surface area contributed by atoms with E-state index >= 15 is 0 Å². The molecule has 0 amide bonds. The van der Waals surface area contributed by atoms with Gasteiger partial charge in [-0.2, -0.15) is 4.98 Å². The number of anilines is 1. The van der Waals surface area contributed by atoms with Crippen molar-refractivity contribution < 1.29 is 19.2 Å². The molecule has 0 bridgehead atoms. The van der Waals surface area contributed by atoms with Crippen molar-refractivity contribution in [2.45, 2.75) is 39.8 Å². The van der Waals surface area contributed by atoms with Crippen molar-refractivity contribution in [3.8, 4) is 28.6 Å². The normalized spacial score (nSPS) is 12.3. The van der Waals surface area contributed by atoms with Crippen LogP contribution in [0.2, 0.25) is 5.02 Å². The first-order chi connectivity index (χ1) is 16.2. The number of fused-ring (bicyclic) bond motifs is 1. The molecule has 8 nitrogen and oxygen atoms in total. The Hall–Kier alpha value is -3.65. The van der Waals surface area contributed by atoms with Crippen LogP contribution in [-0.2, 0) is 4.79 Å². The summed E-state index contributed by atoms with van der Waals surface area (Å²) in [6.45, 7) is 7.55. The Balaban J connectivity index is 1.69. The summed E-state index contributed by atoms with van der Waals surface area (Å²) in [5.41, 5.74) is 1.41. The molecule has 0 unspecified atom stereocenters. The lowest BCUT2D eigenvalue weighted by atomic mass is 10.0. The lowest BCUT2D eigenvalue weighted by Gasteiger charge is -2.19. The molecule has 34 heavy (non-hydrogen) atoms. The summed E-state index contributed by atoms with van der Waals surface area (Å²) in [4.78, 5) is 20.6. The molecule has 9 heteroatoms. The quantitative estimate of drug-likeness (QED) is 0.320. The molecule has 4 aromatic rings. The maximum atomic E-state index is 11.7. The highest BCUT2D eigenvalue weighted by Gasteiger charge is 2.23. The number of benzene rings is 2. The minimum Gasteiger partial charge on any atom is -0.489 e. The smallest absolute Gasteiger partial charge is 0.326 e. The predicted octanol–water partition coefficient (Wildman–Crippen LogP) is 5.91. The van der Waals surface area contributed by atoms with Crippen LogP contribution in [0.25, 0.3) is 33.6 Å². The van der Waals surface area contributed by atoms with Crippen LogP contribution in [0.1, 0.15) is 27.7 Å². The first kappa shape index (κ1) is 23.5. The van der Waals surface area contributed by atoms with Gasteiger partial charge in [0.1, 0.15) is 17.6 Å². The highest BCUT2D eigenvalue weighted by molar-refractivity contribution is 6.32. The van der Waals surface area contributed by atoms with Crippen LogP contribution in [0.3, 0.4) is 0 Å².